The first kappa shape index (κ1) is 16.1. The molecule has 1 saturated heterocycles. The fourth-order valence-electron chi connectivity index (χ4n) is 3.43. The normalized spacial score (nSPS) is 24.5. The molecular weight excluding hydrogens is 326 g/mol. The van der Waals surface area contributed by atoms with Gasteiger partial charge in [0.2, 0.25) is 11.8 Å². The number of hydrogen-bond donors (Lipinski definition) is 3. The molecule has 1 aliphatic heterocycles. The van der Waals surface area contributed by atoms with E-state index in [0.29, 0.717) is 18.4 Å². The van der Waals surface area contributed by atoms with Gasteiger partial charge in [0.15, 0.2) is 5.82 Å². The van der Waals surface area contributed by atoms with Gasteiger partial charge in [-0.25, -0.2) is 10.1 Å². The molecule has 11 heteroatoms. The van der Waals surface area contributed by atoms with E-state index >= 15 is 0 Å². The number of amides is 1. The highest BCUT2D eigenvalue weighted by atomic mass is 16.5. The Bertz CT molecular complexity index is 695. The van der Waals surface area contributed by atoms with Crippen molar-refractivity contribution in [2.24, 2.45) is 5.92 Å². The summed E-state index contributed by atoms with van der Waals surface area (Å²) in [6.45, 7) is 0.699. The molecule has 2 atom stereocenters. The molecule has 11 nitrogen and oxygen atoms in total. The Morgan fingerprint density at radius 1 is 1.36 bits per heavy atom. The van der Waals surface area contributed by atoms with Crippen molar-refractivity contribution < 1.29 is 9.32 Å². The third-order valence-corrected chi connectivity index (χ3v) is 4.81. The Morgan fingerprint density at radius 2 is 2.24 bits per heavy atom. The predicted octanol–water partition coefficient (Wildman–Crippen LogP) is -0.357. The number of carbonyl (C=O) groups excluding carboxylic acids is 1. The van der Waals surface area contributed by atoms with Crippen molar-refractivity contribution in [2.45, 2.75) is 50.7 Å². The summed E-state index contributed by atoms with van der Waals surface area (Å²) in [5.74, 6) is 1.11. The highest BCUT2D eigenvalue weighted by Crippen LogP contribution is 2.30. The number of carbonyl (C=O) groups is 1. The van der Waals surface area contributed by atoms with Gasteiger partial charge in [-0.15, -0.1) is 5.10 Å². The van der Waals surface area contributed by atoms with Gasteiger partial charge in [0.1, 0.15) is 12.5 Å². The maximum absolute atomic E-state index is 12.5. The van der Waals surface area contributed by atoms with E-state index in [0.717, 1.165) is 18.7 Å². The van der Waals surface area contributed by atoms with Crippen molar-refractivity contribution in [1.82, 2.24) is 46.5 Å². The Kier molecular flexibility index (Phi) is 4.65. The van der Waals surface area contributed by atoms with Crippen LogP contribution in [-0.4, -0.2) is 42.8 Å². The van der Waals surface area contributed by atoms with Crippen LogP contribution in [0.3, 0.4) is 0 Å². The summed E-state index contributed by atoms with van der Waals surface area (Å²) in [7, 11) is 0. The second kappa shape index (κ2) is 7.23. The smallest absolute Gasteiger partial charge is 0.246 e. The number of nitrogens with one attached hydrogen (secondary N) is 3. The van der Waals surface area contributed by atoms with Crippen molar-refractivity contribution >= 4 is 5.91 Å². The molecule has 0 radical (unpaired) electrons. The third kappa shape index (κ3) is 3.51. The van der Waals surface area contributed by atoms with E-state index < -0.39 is 0 Å². The highest BCUT2D eigenvalue weighted by molar-refractivity contribution is 5.79. The molecule has 0 aromatic carbocycles. The van der Waals surface area contributed by atoms with Crippen LogP contribution >= 0.6 is 0 Å². The Labute approximate surface area is 143 Å². The Hall–Kier alpha value is -2.40. The molecule has 2 fully saturated rings. The maximum Gasteiger partial charge on any atom is 0.246 e. The second-order valence-electron chi connectivity index (χ2n) is 6.47. The van der Waals surface area contributed by atoms with Gasteiger partial charge in [0.25, 0.3) is 0 Å². The van der Waals surface area contributed by atoms with Crippen LogP contribution in [-0.2, 0) is 11.3 Å². The quantitative estimate of drug-likeness (QED) is 0.662. The third-order valence-electron chi connectivity index (χ3n) is 4.81. The van der Waals surface area contributed by atoms with Crippen LogP contribution in [0, 0.1) is 5.92 Å². The largest absolute Gasteiger partial charge is 0.347 e. The van der Waals surface area contributed by atoms with Crippen LogP contribution in [0.1, 0.15) is 55.9 Å². The molecule has 0 spiro atoms. The number of hydrazine groups is 1. The molecule has 2 aliphatic rings. The Balaban J connectivity index is 1.33. The van der Waals surface area contributed by atoms with Crippen molar-refractivity contribution in [3.05, 3.63) is 18.0 Å². The summed E-state index contributed by atoms with van der Waals surface area (Å²) in [6, 6.07) is 0. The summed E-state index contributed by atoms with van der Waals surface area (Å²) in [5.41, 5.74) is 5.95. The molecule has 1 aliphatic carbocycles. The van der Waals surface area contributed by atoms with Crippen molar-refractivity contribution in [3.8, 4) is 0 Å². The molecule has 1 amide bonds. The number of rotatable bonds is 5. The summed E-state index contributed by atoms with van der Waals surface area (Å²) in [4.78, 5) is 16.9. The molecule has 0 bridgehead atoms. The lowest BCUT2D eigenvalue weighted by Crippen LogP contribution is -2.37. The predicted molar refractivity (Wildman–Crippen MR) is 83.5 cm³/mol. The lowest BCUT2D eigenvalue weighted by molar-refractivity contribution is -0.125. The highest BCUT2D eigenvalue weighted by Gasteiger charge is 2.35. The van der Waals surface area contributed by atoms with Crippen LogP contribution in [0.5, 0.6) is 0 Å². The SMILES string of the molecule is O=C(NCc1nc(C2CCCCC2)no1)C1CNNC1n1cnnn1. The van der Waals surface area contributed by atoms with Gasteiger partial charge in [0.05, 0.1) is 12.5 Å². The standard InChI is InChI=1S/C14H21N9O2/c24-14(10-6-16-19-13(10)23-8-17-21-22-23)15-7-11-18-12(20-25-11)9-4-2-1-3-5-9/h8-10,13,16,19H,1-7H2,(H,15,24). The first-order valence-corrected chi connectivity index (χ1v) is 8.62. The topological polar surface area (TPSA) is 136 Å². The molecule has 2 unspecified atom stereocenters. The summed E-state index contributed by atoms with van der Waals surface area (Å²) >= 11 is 0. The van der Waals surface area contributed by atoms with Gasteiger partial charge in [-0.1, -0.05) is 24.4 Å². The molecule has 2 aromatic heterocycles. The fraction of sp³-hybridized carbons (Fsp3) is 0.714. The molecular formula is C14H21N9O2. The van der Waals surface area contributed by atoms with E-state index in [1.54, 1.807) is 0 Å². The minimum absolute atomic E-state index is 0.129. The number of tetrazole rings is 1. The van der Waals surface area contributed by atoms with Crippen molar-refractivity contribution in [3.63, 3.8) is 0 Å². The summed E-state index contributed by atoms with van der Waals surface area (Å²) < 4.78 is 6.80. The molecule has 134 valence electrons. The van der Waals surface area contributed by atoms with Gasteiger partial charge < -0.3 is 9.84 Å². The first-order valence-electron chi connectivity index (χ1n) is 8.62. The monoisotopic (exact) mass is 347 g/mol. The number of nitrogens with zero attached hydrogens (tertiary/aromatic N) is 6. The minimum atomic E-state index is -0.343. The van der Waals surface area contributed by atoms with E-state index in [-0.39, 0.29) is 24.5 Å². The minimum Gasteiger partial charge on any atom is -0.347 e. The molecule has 1 saturated carbocycles. The van der Waals surface area contributed by atoms with Crippen molar-refractivity contribution in [2.75, 3.05) is 6.54 Å². The second-order valence-corrected chi connectivity index (χ2v) is 6.47. The average molecular weight is 347 g/mol. The fourth-order valence-corrected chi connectivity index (χ4v) is 3.43. The van der Waals surface area contributed by atoms with Gasteiger partial charge in [-0.05, 0) is 23.3 Å². The first-order chi connectivity index (χ1) is 12.3. The maximum atomic E-state index is 12.5. The van der Waals surface area contributed by atoms with Crippen molar-refractivity contribution in [1.29, 1.82) is 0 Å². The van der Waals surface area contributed by atoms with E-state index in [2.05, 4.69) is 41.8 Å². The molecule has 3 N–H and O–H groups in total. The van der Waals surface area contributed by atoms with Crippen LogP contribution in [0.25, 0.3) is 0 Å². The van der Waals surface area contributed by atoms with E-state index in [1.807, 2.05) is 0 Å². The zero-order valence-electron chi connectivity index (χ0n) is 13.8. The molecule has 25 heavy (non-hydrogen) atoms. The summed E-state index contributed by atoms with van der Waals surface area (Å²) in [5, 5.41) is 18.0. The molecule has 4 rings (SSSR count). The number of aromatic nitrogens is 6. The average Bonchev–Trinajstić information content (AvgIpc) is 3.41. The van der Waals surface area contributed by atoms with E-state index in [9.17, 15) is 4.79 Å². The summed E-state index contributed by atoms with van der Waals surface area (Å²) in [6.07, 6.45) is 7.06. The zero-order chi connectivity index (χ0) is 17.1. The van der Waals surface area contributed by atoms with Crippen LogP contribution in [0.2, 0.25) is 0 Å². The van der Waals surface area contributed by atoms with Gasteiger partial charge in [-0.2, -0.15) is 4.98 Å². The van der Waals surface area contributed by atoms with Crippen LogP contribution in [0.15, 0.2) is 10.9 Å². The zero-order valence-corrected chi connectivity index (χ0v) is 13.8. The van der Waals surface area contributed by atoms with Gasteiger partial charge >= 0.3 is 0 Å². The van der Waals surface area contributed by atoms with Gasteiger partial charge in [0, 0.05) is 12.5 Å². The Morgan fingerprint density at radius 3 is 3.04 bits per heavy atom. The van der Waals surface area contributed by atoms with Crippen LogP contribution in [0.4, 0.5) is 0 Å². The van der Waals surface area contributed by atoms with E-state index in [1.165, 1.54) is 30.3 Å². The molecule has 2 aromatic rings. The van der Waals surface area contributed by atoms with E-state index in [4.69, 9.17) is 4.52 Å². The molecule has 3 heterocycles. The number of hydrogen-bond acceptors (Lipinski definition) is 9. The van der Waals surface area contributed by atoms with Gasteiger partial charge in [-0.3, -0.25) is 10.2 Å². The lowest BCUT2D eigenvalue weighted by Gasteiger charge is -2.17. The lowest BCUT2D eigenvalue weighted by atomic mass is 9.89. The van der Waals surface area contributed by atoms with Crippen LogP contribution < -0.4 is 16.2 Å².